The van der Waals surface area contributed by atoms with Crippen molar-refractivity contribution >= 4 is 0 Å². The number of pyridine rings is 2. The number of hydrogen-bond donors (Lipinski definition) is 0. The largest absolute Gasteiger partial charge is 0.295 e. The van der Waals surface area contributed by atoms with Crippen LogP contribution in [0.25, 0.3) is 22.6 Å². The van der Waals surface area contributed by atoms with Gasteiger partial charge in [0, 0.05) is 6.20 Å². The zero-order chi connectivity index (χ0) is 18.9. The van der Waals surface area contributed by atoms with Crippen LogP contribution in [0.4, 0.5) is 0 Å². The molecule has 0 radical (unpaired) electrons. The summed E-state index contributed by atoms with van der Waals surface area (Å²) < 4.78 is 0. The quantitative estimate of drug-likeness (QED) is 0.517. The average molecular weight is 343 g/mol. The third-order valence-electron chi connectivity index (χ3n) is 4.56. The zero-order valence-corrected chi connectivity index (χ0v) is 16.6. The van der Waals surface area contributed by atoms with E-state index in [1.807, 2.05) is 24.4 Å². The van der Waals surface area contributed by atoms with Crippen LogP contribution < -0.4 is 0 Å². The van der Waals surface area contributed by atoms with Crippen molar-refractivity contribution in [1.82, 2.24) is 9.97 Å². The number of aromatic nitrogens is 2. The van der Waals surface area contributed by atoms with Crippen LogP contribution in [0.1, 0.15) is 52.7 Å². The lowest BCUT2D eigenvalue weighted by molar-refractivity contribution is 0.588. The van der Waals surface area contributed by atoms with Crippen LogP contribution in [0.2, 0.25) is 0 Å². The van der Waals surface area contributed by atoms with Gasteiger partial charge in [0.25, 0.3) is 0 Å². The minimum atomic E-state index is 0.0306. The summed E-state index contributed by atoms with van der Waals surface area (Å²) in [7, 11) is 0. The van der Waals surface area contributed by atoms with Crippen LogP contribution in [-0.4, -0.2) is 9.97 Å². The second-order valence-electron chi connectivity index (χ2n) is 8.83. The Morgan fingerprint density at radius 3 is 2.00 bits per heavy atom. The fraction of sp³-hybridized carbons (Fsp3) is 0.333. The lowest BCUT2D eigenvalue weighted by atomic mass is 9.85. The van der Waals surface area contributed by atoms with Gasteiger partial charge in [-0.05, 0) is 45.8 Å². The van der Waals surface area contributed by atoms with E-state index in [9.17, 15) is 0 Å². The molecule has 0 saturated heterocycles. The van der Waals surface area contributed by atoms with E-state index in [1.54, 1.807) is 0 Å². The number of benzene rings is 1. The summed E-state index contributed by atoms with van der Waals surface area (Å²) in [5, 5.41) is 0. The SMILES string of the molecule is CC(C)(C)c1ccnc(-c2cc(C(C)(C)C)cc(-c3[c-]cccc3)n2)c1. The smallest absolute Gasteiger partial charge is 0.0879 e. The van der Waals surface area contributed by atoms with Crippen molar-refractivity contribution in [1.29, 1.82) is 0 Å². The molecule has 26 heavy (non-hydrogen) atoms. The van der Waals surface area contributed by atoms with Gasteiger partial charge >= 0.3 is 0 Å². The van der Waals surface area contributed by atoms with Gasteiger partial charge in [0.1, 0.15) is 0 Å². The molecule has 2 aromatic heterocycles. The Balaban J connectivity index is 2.19. The fourth-order valence-corrected chi connectivity index (χ4v) is 2.82. The molecule has 0 atom stereocenters. The molecule has 2 nitrogen and oxygen atoms in total. The second kappa shape index (κ2) is 6.68. The zero-order valence-electron chi connectivity index (χ0n) is 16.6. The molecule has 134 valence electrons. The Morgan fingerprint density at radius 1 is 0.731 bits per heavy atom. The maximum absolute atomic E-state index is 4.92. The number of hydrogen-bond acceptors (Lipinski definition) is 2. The van der Waals surface area contributed by atoms with Gasteiger partial charge in [-0.3, -0.25) is 9.97 Å². The van der Waals surface area contributed by atoms with Crippen molar-refractivity contribution in [3.05, 3.63) is 71.9 Å². The maximum Gasteiger partial charge on any atom is 0.0879 e. The van der Waals surface area contributed by atoms with E-state index >= 15 is 0 Å². The summed E-state index contributed by atoms with van der Waals surface area (Å²) in [6.07, 6.45) is 1.88. The molecule has 3 aromatic rings. The van der Waals surface area contributed by atoms with Gasteiger partial charge in [-0.2, -0.15) is 0 Å². The van der Waals surface area contributed by atoms with Gasteiger partial charge < -0.3 is 0 Å². The van der Waals surface area contributed by atoms with E-state index in [-0.39, 0.29) is 10.8 Å². The van der Waals surface area contributed by atoms with Crippen LogP contribution in [0.3, 0.4) is 0 Å². The molecule has 2 heterocycles. The highest BCUT2D eigenvalue weighted by Gasteiger charge is 2.18. The van der Waals surface area contributed by atoms with E-state index < -0.39 is 0 Å². The van der Waals surface area contributed by atoms with E-state index in [0.717, 1.165) is 22.6 Å². The lowest BCUT2D eigenvalue weighted by Crippen LogP contribution is -2.13. The van der Waals surface area contributed by atoms with Gasteiger partial charge in [0.15, 0.2) is 0 Å². The average Bonchev–Trinajstić information content (AvgIpc) is 2.61. The normalized spacial score (nSPS) is 12.2. The maximum atomic E-state index is 4.92. The monoisotopic (exact) mass is 343 g/mol. The van der Waals surface area contributed by atoms with Gasteiger partial charge in [-0.25, -0.2) is 0 Å². The molecule has 0 N–H and O–H groups in total. The Hall–Kier alpha value is -2.48. The van der Waals surface area contributed by atoms with E-state index in [4.69, 9.17) is 4.98 Å². The molecule has 0 aliphatic carbocycles. The first-order valence-electron chi connectivity index (χ1n) is 9.11. The van der Waals surface area contributed by atoms with Crippen molar-refractivity contribution in [3.63, 3.8) is 0 Å². The van der Waals surface area contributed by atoms with Gasteiger partial charge in [-0.15, -0.1) is 35.9 Å². The molecule has 0 amide bonds. The summed E-state index contributed by atoms with van der Waals surface area (Å²) in [5.74, 6) is 0. The number of nitrogens with zero attached hydrogens (tertiary/aromatic N) is 2. The van der Waals surface area contributed by atoms with Crippen LogP contribution in [0.15, 0.2) is 54.7 Å². The summed E-state index contributed by atoms with van der Waals surface area (Å²) in [5.41, 5.74) is 6.40. The van der Waals surface area contributed by atoms with E-state index in [0.29, 0.717) is 0 Å². The third-order valence-corrected chi connectivity index (χ3v) is 4.56. The first-order valence-corrected chi connectivity index (χ1v) is 9.11. The summed E-state index contributed by atoms with van der Waals surface area (Å²) in [6.45, 7) is 13.3. The molecule has 0 aliphatic heterocycles. The Kier molecular flexibility index (Phi) is 4.70. The molecule has 3 rings (SSSR count). The molecule has 0 aliphatic rings. The van der Waals surface area contributed by atoms with Crippen molar-refractivity contribution in [3.8, 4) is 22.6 Å². The minimum absolute atomic E-state index is 0.0306. The van der Waals surface area contributed by atoms with Crippen molar-refractivity contribution in [2.45, 2.75) is 52.4 Å². The minimum Gasteiger partial charge on any atom is -0.295 e. The van der Waals surface area contributed by atoms with E-state index in [2.05, 4.69) is 82.9 Å². The molecule has 0 unspecified atom stereocenters. The van der Waals surface area contributed by atoms with Crippen molar-refractivity contribution in [2.24, 2.45) is 0 Å². The fourth-order valence-electron chi connectivity index (χ4n) is 2.82. The van der Waals surface area contributed by atoms with Crippen molar-refractivity contribution in [2.75, 3.05) is 0 Å². The summed E-state index contributed by atoms with van der Waals surface area (Å²) in [6, 6.07) is 19.9. The molecule has 0 spiro atoms. The van der Waals surface area contributed by atoms with Gasteiger partial charge in [0.2, 0.25) is 0 Å². The van der Waals surface area contributed by atoms with Gasteiger partial charge in [-0.1, -0.05) is 47.6 Å². The lowest BCUT2D eigenvalue weighted by Gasteiger charge is -2.23. The number of rotatable bonds is 2. The highest BCUT2D eigenvalue weighted by molar-refractivity contribution is 5.66. The summed E-state index contributed by atoms with van der Waals surface area (Å²) in [4.78, 5) is 9.53. The summed E-state index contributed by atoms with van der Waals surface area (Å²) >= 11 is 0. The highest BCUT2D eigenvalue weighted by Crippen LogP contribution is 2.31. The van der Waals surface area contributed by atoms with Crippen LogP contribution in [0, 0.1) is 6.07 Å². The Morgan fingerprint density at radius 2 is 1.38 bits per heavy atom. The standard InChI is InChI=1S/C24H27N2/c1-23(2,3)18-12-13-25-21(14-18)22-16-19(24(4,5)6)15-20(26-22)17-10-8-7-9-11-17/h7-10,12-16H,1-6H3/q-1. The first kappa shape index (κ1) is 18.3. The topological polar surface area (TPSA) is 25.8 Å². The highest BCUT2D eigenvalue weighted by atomic mass is 14.8. The molecular formula is C24H27N2-. The molecule has 2 heteroatoms. The predicted molar refractivity (Wildman–Crippen MR) is 109 cm³/mol. The molecular weight excluding hydrogens is 316 g/mol. The Labute approximate surface area is 157 Å². The second-order valence-corrected chi connectivity index (χ2v) is 8.83. The van der Waals surface area contributed by atoms with Gasteiger partial charge in [0.05, 0.1) is 11.4 Å². The molecule has 1 aromatic carbocycles. The van der Waals surface area contributed by atoms with Crippen LogP contribution in [0.5, 0.6) is 0 Å². The Bertz CT molecular complexity index is 897. The van der Waals surface area contributed by atoms with Crippen LogP contribution >= 0.6 is 0 Å². The van der Waals surface area contributed by atoms with Crippen molar-refractivity contribution < 1.29 is 0 Å². The van der Waals surface area contributed by atoms with Crippen LogP contribution in [-0.2, 0) is 10.8 Å². The molecule has 0 bridgehead atoms. The van der Waals surface area contributed by atoms with E-state index in [1.165, 1.54) is 11.1 Å². The predicted octanol–water partition coefficient (Wildman–Crippen LogP) is 6.21. The first-order chi connectivity index (χ1) is 12.1. The molecule has 0 saturated carbocycles. The molecule has 0 fully saturated rings. The third kappa shape index (κ3) is 4.01.